The smallest absolute Gasteiger partial charge is 0.0129 e. The minimum atomic E-state index is 0.556. The summed E-state index contributed by atoms with van der Waals surface area (Å²) in [6.07, 6.45) is 11.8. The lowest BCUT2D eigenvalue weighted by molar-refractivity contribution is 0.527. The molecule has 0 rings (SSSR count). The van der Waals surface area contributed by atoms with Crippen LogP contribution in [0, 0.1) is 11.8 Å². The Labute approximate surface area is 88.7 Å². The van der Waals surface area contributed by atoms with Gasteiger partial charge in [0.15, 0.2) is 0 Å². The molecule has 0 unspecified atom stereocenters. The van der Waals surface area contributed by atoms with Gasteiger partial charge in [-0.05, 0) is 37.5 Å². The molecule has 0 bridgehead atoms. The van der Waals surface area contributed by atoms with Crippen molar-refractivity contribution in [3.05, 3.63) is 56.5 Å². The Bertz CT molecular complexity index is 146. The molecule has 0 spiro atoms. The highest BCUT2D eigenvalue weighted by molar-refractivity contribution is 5.07. The molecule has 0 aromatic carbocycles. The molecule has 0 aromatic rings. The number of allylic oxidation sites excluding steroid dienone is 4. The maximum atomic E-state index is 3.79. The summed E-state index contributed by atoms with van der Waals surface area (Å²) in [6.45, 7) is 15.1. The lowest BCUT2D eigenvalue weighted by Gasteiger charge is -2.22. The molecule has 0 heteroatoms. The maximum absolute atomic E-state index is 3.79. The molecule has 0 nitrogen and oxygen atoms in total. The van der Waals surface area contributed by atoms with Crippen molar-refractivity contribution in [3.8, 4) is 0 Å². The van der Waals surface area contributed by atoms with Crippen molar-refractivity contribution in [1.82, 2.24) is 0 Å². The summed E-state index contributed by atoms with van der Waals surface area (Å²) in [7, 11) is 0. The molecule has 77 valence electrons. The zero-order valence-electron chi connectivity index (χ0n) is 9.04. The molecular formula is C14H21. The molecule has 0 amide bonds. The van der Waals surface area contributed by atoms with Gasteiger partial charge in [0.1, 0.15) is 0 Å². The van der Waals surface area contributed by atoms with Crippen molar-refractivity contribution in [2.24, 2.45) is 5.92 Å². The van der Waals surface area contributed by atoms with Crippen molar-refractivity contribution in [1.29, 1.82) is 0 Å². The Balaban J connectivity index is 4.32. The lowest BCUT2D eigenvalue weighted by Crippen LogP contribution is -2.10. The minimum absolute atomic E-state index is 0.556. The molecular weight excluding hydrogens is 168 g/mol. The van der Waals surface area contributed by atoms with Crippen molar-refractivity contribution < 1.29 is 0 Å². The fourth-order valence-electron chi connectivity index (χ4n) is 1.62. The van der Waals surface area contributed by atoms with Gasteiger partial charge in [0.2, 0.25) is 0 Å². The van der Waals surface area contributed by atoms with E-state index in [-0.39, 0.29) is 0 Å². The molecule has 0 N–H and O–H groups in total. The van der Waals surface area contributed by atoms with E-state index in [0.717, 1.165) is 25.7 Å². The molecule has 0 fully saturated rings. The fourth-order valence-corrected chi connectivity index (χ4v) is 1.62. The van der Waals surface area contributed by atoms with Gasteiger partial charge in [0.25, 0.3) is 0 Å². The topological polar surface area (TPSA) is 0 Å². The van der Waals surface area contributed by atoms with Crippen LogP contribution < -0.4 is 0 Å². The fraction of sp³-hybridized carbons (Fsp3) is 0.357. The number of rotatable bonds is 9. The molecule has 0 aliphatic heterocycles. The van der Waals surface area contributed by atoms with Crippen LogP contribution in [0.15, 0.2) is 50.6 Å². The Morgan fingerprint density at radius 1 is 0.786 bits per heavy atom. The van der Waals surface area contributed by atoms with Gasteiger partial charge in [-0.1, -0.05) is 24.3 Å². The number of hydrogen-bond acceptors (Lipinski definition) is 0. The summed E-state index contributed by atoms with van der Waals surface area (Å²) < 4.78 is 0. The molecule has 0 saturated heterocycles. The normalized spacial score (nSPS) is 10.1. The zero-order chi connectivity index (χ0) is 10.8. The van der Waals surface area contributed by atoms with Crippen LogP contribution in [-0.2, 0) is 0 Å². The highest BCUT2D eigenvalue weighted by Crippen LogP contribution is 2.29. The van der Waals surface area contributed by atoms with E-state index in [2.05, 4.69) is 26.3 Å². The molecule has 14 heavy (non-hydrogen) atoms. The average Bonchev–Trinajstić information content (AvgIpc) is 2.17. The van der Waals surface area contributed by atoms with Gasteiger partial charge >= 0.3 is 0 Å². The van der Waals surface area contributed by atoms with Crippen LogP contribution in [0.4, 0.5) is 0 Å². The first-order valence-corrected chi connectivity index (χ1v) is 5.08. The van der Waals surface area contributed by atoms with E-state index in [1.807, 2.05) is 24.3 Å². The van der Waals surface area contributed by atoms with E-state index in [9.17, 15) is 0 Å². The highest BCUT2D eigenvalue weighted by atomic mass is 14.2. The Morgan fingerprint density at radius 2 is 1.21 bits per heavy atom. The lowest BCUT2D eigenvalue weighted by atomic mass is 9.82. The van der Waals surface area contributed by atoms with Crippen molar-refractivity contribution >= 4 is 0 Å². The van der Waals surface area contributed by atoms with Gasteiger partial charge in [-0.25, -0.2) is 0 Å². The first-order chi connectivity index (χ1) is 6.79. The average molecular weight is 189 g/mol. The van der Waals surface area contributed by atoms with Crippen LogP contribution in [0.25, 0.3) is 0 Å². The van der Waals surface area contributed by atoms with Gasteiger partial charge in [-0.2, -0.15) is 0 Å². The summed E-state index contributed by atoms with van der Waals surface area (Å²) >= 11 is 0. The third-order valence-corrected chi connectivity index (χ3v) is 2.29. The predicted octanol–water partition coefficient (Wildman–Crippen LogP) is 4.48. The van der Waals surface area contributed by atoms with Gasteiger partial charge in [0.05, 0.1) is 0 Å². The third kappa shape index (κ3) is 4.86. The summed E-state index contributed by atoms with van der Waals surface area (Å²) in [5.74, 6) is 2.04. The highest BCUT2D eigenvalue weighted by Gasteiger charge is 2.16. The van der Waals surface area contributed by atoms with E-state index >= 15 is 0 Å². The predicted molar refractivity (Wildman–Crippen MR) is 66.0 cm³/mol. The van der Waals surface area contributed by atoms with Crippen molar-refractivity contribution in [2.75, 3.05) is 0 Å². The Kier molecular flexibility index (Phi) is 7.92. The van der Waals surface area contributed by atoms with E-state index in [0.29, 0.717) is 5.92 Å². The molecule has 0 aliphatic carbocycles. The van der Waals surface area contributed by atoms with E-state index in [1.165, 1.54) is 5.92 Å². The Hall–Kier alpha value is -1.04. The molecule has 0 heterocycles. The van der Waals surface area contributed by atoms with Crippen LogP contribution >= 0.6 is 0 Å². The molecule has 0 saturated carbocycles. The van der Waals surface area contributed by atoms with Gasteiger partial charge < -0.3 is 0 Å². The van der Waals surface area contributed by atoms with Gasteiger partial charge in [0, 0.05) is 0 Å². The quantitative estimate of drug-likeness (QED) is 0.469. The molecule has 0 aromatic heterocycles. The summed E-state index contributed by atoms with van der Waals surface area (Å²) in [5.41, 5.74) is 0. The van der Waals surface area contributed by atoms with Crippen LogP contribution in [0.2, 0.25) is 0 Å². The summed E-state index contributed by atoms with van der Waals surface area (Å²) in [5, 5.41) is 0. The van der Waals surface area contributed by atoms with Crippen molar-refractivity contribution in [2.45, 2.75) is 25.7 Å². The maximum Gasteiger partial charge on any atom is -0.0129 e. The van der Waals surface area contributed by atoms with Gasteiger partial charge in [-0.3, -0.25) is 0 Å². The van der Waals surface area contributed by atoms with Crippen LogP contribution in [0.1, 0.15) is 25.7 Å². The molecule has 0 atom stereocenters. The second kappa shape index (κ2) is 8.55. The Morgan fingerprint density at radius 3 is 1.50 bits per heavy atom. The SMILES string of the molecule is C=CC[C](CC=C)C(CC=C)CC=C. The minimum Gasteiger partial charge on any atom is -0.103 e. The van der Waals surface area contributed by atoms with Crippen LogP contribution in [0.3, 0.4) is 0 Å². The monoisotopic (exact) mass is 189 g/mol. The van der Waals surface area contributed by atoms with Gasteiger partial charge in [-0.15, -0.1) is 26.3 Å². The second-order valence-corrected chi connectivity index (χ2v) is 3.39. The number of hydrogen-bond donors (Lipinski definition) is 0. The largest absolute Gasteiger partial charge is 0.103 e. The van der Waals surface area contributed by atoms with Crippen LogP contribution in [-0.4, -0.2) is 0 Å². The first kappa shape index (κ1) is 13.0. The summed E-state index contributed by atoms with van der Waals surface area (Å²) in [4.78, 5) is 0. The zero-order valence-corrected chi connectivity index (χ0v) is 9.04. The van der Waals surface area contributed by atoms with E-state index in [4.69, 9.17) is 0 Å². The third-order valence-electron chi connectivity index (χ3n) is 2.29. The molecule has 1 radical (unpaired) electrons. The summed E-state index contributed by atoms with van der Waals surface area (Å²) in [6, 6.07) is 0. The van der Waals surface area contributed by atoms with Crippen LogP contribution in [0.5, 0.6) is 0 Å². The standard InChI is InChI=1S/C14H21/c1-5-9-13(10-6-2)14(11-7-3)12-8-4/h5-8,13H,1-4,9-12H2. The van der Waals surface area contributed by atoms with Crippen molar-refractivity contribution in [3.63, 3.8) is 0 Å². The molecule has 0 aliphatic rings. The van der Waals surface area contributed by atoms with E-state index in [1.54, 1.807) is 0 Å². The van der Waals surface area contributed by atoms with E-state index < -0.39 is 0 Å². The first-order valence-electron chi connectivity index (χ1n) is 5.08. The second-order valence-electron chi connectivity index (χ2n) is 3.39.